The molecule has 1 heterocycles. The first-order valence-corrected chi connectivity index (χ1v) is 9.53. The van der Waals surface area contributed by atoms with Crippen LogP contribution in [-0.4, -0.2) is 30.0 Å². The van der Waals surface area contributed by atoms with Crippen molar-refractivity contribution in [3.63, 3.8) is 0 Å². The highest BCUT2D eigenvalue weighted by Gasteiger charge is 2.53. The maximum atomic E-state index is 13.8. The van der Waals surface area contributed by atoms with Crippen LogP contribution in [0.25, 0.3) is 0 Å². The van der Waals surface area contributed by atoms with Crippen molar-refractivity contribution in [1.29, 1.82) is 0 Å². The molecule has 1 saturated heterocycles. The van der Waals surface area contributed by atoms with E-state index in [-0.39, 0.29) is 17.8 Å². The van der Waals surface area contributed by atoms with Crippen molar-refractivity contribution in [3.05, 3.63) is 64.7 Å². The van der Waals surface area contributed by atoms with Gasteiger partial charge in [-0.2, -0.15) is 0 Å². The summed E-state index contributed by atoms with van der Waals surface area (Å²) in [5.74, 6) is -1.14. The molecule has 2 fully saturated rings. The number of carbonyl (C=O) groups excluding carboxylic acids is 1. The quantitative estimate of drug-likeness (QED) is 0.754. The monoisotopic (exact) mass is 391 g/mol. The summed E-state index contributed by atoms with van der Waals surface area (Å²) in [5.41, 5.74) is 0.536. The standard InChI is InChI=1S/C21H20ClF2NO2/c22-15-3-1-2-14(12-15)21(8-9-21)20(26)25-10-6-17(7-11-25)27-19-5-4-16(23)13-18(19)24/h1-5,12-13,17H,6-11H2. The zero-order chi connectivity index (χ0) is 19.0. The van der Waals surface area contributed by atoms with Crippen LogP contribution in [0.2, 0.25) is 5.02 Å². The summed E-state index contributed by atoms with van der Waals surface area (Å²) in [5, 5.41) is 0.639. The maximum absolute atomic E-state index is 13.8. The first-order valence-electron chi connectivity index (χ1n) is 9.15. The number of rotatable bonds is 4. The van der Waals surface area contributed by atoms with Crippen LogP contribution in [0, 0.1) is 11.6 Å². The summed E-state index contributed by atoms with van der Waals surface area (Å²) >= 11 is 6.09. The molecule has 0 aromatic heterocycles. The first kappa shape index (κ1) is 18.2. The van der Waals surface area contributed by atoms with E-state index in [1.807, 2.05) is 29.2 Å². The van der Waals surface area contributed by atoms with E-state index in [2.05, 4.69) is 0 Å². The largest absolute Gasteiger partial charge is 0.487 e. The van der Waals surface area contributed by atoms with E-state index >= 15 is 0 Å². The van der Waals surface area contributed by atoms with Gasteiger partial charge < -0.3 is 9.64 Å². The number of piperidine rings is 1. The average Bonchev–Trinajstić information content (AvgIpc) is 3.46. The molecule has 2 aromatic carbocycles. The fraction of sp³-hybridized carbons (Fsp3) is 0.381. The van der Waals surface area contributed by atoms with Gasteiger partial charge in [-0.05, 0) is 42.7 Å². The minimum absolute atomic E-state index is 0.0544. The number of hydrogen-bond acceptors (Lipinski definition) is 2. The number of likely N-dealkylation sites (tertiary alicyclic amines) is 1. The molecular weight excluding hydrogens is 372 g/mol. The molecule has 2 aromatic rings. The molecule has 0 N–H and O–H groups in total. The molecule has 4 rings (SSSR count). The third kappa shape index (κ3) is 3.65. The number of halogens is 3. The highest BCUT2D eigenvalue weighted by atomic mass is 35.5. The Morgan fingerprint density at radius 3 is 2.48 bits per heavy atom. The molecule has 142 valence electrons. The lowest BCUT2D eigenvalue weighted by Crippen LogP contribution is -2.46. The highest BCUT2D eigenvalue weighted by Crippen LogP contribution is 2.50. The van der Waals surface area contributed by atoms with Gasteiger partial charge in [-0.25, -0.2) is 8.78 Å². The number of hydrogen-bond donors (Lipinski definition) is 0. The molecule has 0 unspecified atom stereocenters. The van der Waals surface area contributed by atoms with Crippen molar-refractivity contribution >= 4 is 17.5 Å². The zero-order valence-corrected chi connectivity index (χ0v) is 15.5. The minimum Gasteiger partial charge on any atom is -0.487 e. The molecule has 6 heteroatoms. The molecule has 1 aliphatic carbocycles. The van der Waals surface area contributed by atoms with Gasteiger partial charge in [-0.3, -0.25) is 4.79 Å². The molecular formula is C21H20ClF2NO2. The Labute approximate surface area is 161 Å². The van der Waals surface area contributed by atoms with E-state index in [4.69, 9.17) is 16.3 Å². The third-order valence-electron chi connectivity index (χ3n) is 5.45. The molecule has 3 nitrogen and oxygen atoms in total. The predicted octanol–water partition coefficient (Wildman–Crippen LogP) is 4.72. The van der Waals surface area contributed by atoms with Crippen molar-refractivity contribution in [3.8, 4) is 5.75 Å². The van der Waals surface area contributed by atoms with Crippen LogP contribution in [-0.2, 0) is 10.2 Å². The van der Waals surface area contributed by atoms with Crippen molar-refractivity contribution in [2.75, 3.05) is 13.1 Å². The van der Waals surface area contributed by atoms with Gasteiger partial charge in [0.15, 0.2) is 11.6 Å². The summed E-state index contributed by atoms with van der Waals surface area (Å²) < 4.78 is 32.4. The second kappa shape index (κ2) is 7.12. The van der Waals surface area contributed by atoms with Gasteiger partial charge in [0.25, 0.3) is 0 Å². The van der Waals surface area contributed by atoms with Crippen LogP contribution in [0.3, 0.4) is 0 Å². The van der Waals surface area contributed by atoms with E-state index in [1.165, 1.54) is 12.1 Å². The smallest absolute Gasteiger partial charge is 0.233 e. The molecule has 1 aliphatic heterocycles. The van der Waals surface area contributed by atoms with Gasteiger partial charge in [0.05, 0.1) is 5.41 Å². The summed E-state index contributed by atoms with van der Waals surface area (Å²) in [6, 6.07) is 10.8. The lowest BCUT2D eigenvalue weighted by atomic mass is 9.93. The van der Waals surface area contributed by atoms with Crippen LogP contribution < -0.4 is 4.74 Å². The molecule has 1 saturated carbocycles. The second-order valence-electron chi connectivity index (χ2n) is 7.28. The van der Waals surface area contributed by atoms with Crippen molar-refractivity contribution in [2.24, 2.45) is 0 Å². The normalized spacial score (nSPS) is 19.0. The molecule has 27 heavy (non-hydrogen) atoms. The summed E-state index contributed by atoms with van der Waals surface area (Å²) in [6.07, 6.45) is 2.73. The lowest BCUT2D eigenvalue weighted by molar-refractivity contribution is -0.135. The third-order valence-corrected chi connectivity index (χ3v) is 5.69. The highest BCUT2D eigenvalue weighted by molar-refractivity contribution is 6.30. The Hall–Kier alpha value is -2.14. The Bertz CT molecular complexity index is 861. The van der Waals surface area contributed by atoms with E-state index < -0.39 is 17.0 Å². The van der Waals surface area contributed by atoms with Crippen LogP contribution in [0.1, 0.15) is 31.2 Å². The van der Waals surface area contributed by atoms with Gasteiger partial charge in [-0.1, -0.05) is 23.7 Å². The second-order valence-corrected chi connectivity index (χ2v) is 7.71. The van der Waals surface area contributed by atoms with Gasteiger partial charge in [0.1, 0.15) is 11.9 Å². The van der Waals surface area contributed by atoms with Crippen LogP contribution >= 0.6 is 11.6 Å². The molecule has 0 atom stereocenters. The van der Waals surface area contributed by atoms with E-state index in [0.717, 1.165) is 24.5 Å². The number of benzene rings is 2. The van der Waals surface area contributed by atoms with Gasteiger partial charge in [-0.15, -0.1) is 0 Å². The fourth-order valence-corrected chi connectivity index (χ4v) is 3.96. The summed E-state index contributed by atoms with van der Waals surface area (Å²) in [7, 11) is 0. The zero-order valence-electron chi connectivity index (χ0n) is 14.8. The Morgan fingerprint density at radius 1 is 1.11 bits per heavy atom. The summed E-state index contributed by atoms with van der Waals surface area (Å²) in [4.78, 5) is 15.0. The number of nitrogens with zero attached hydrogens (tertiary/aromatic N) is 1. The van der Waals surface area contributed by atoms with Crippen LogP contribution in [0.5, 0.6) is 5.75 Å². The number of amides is 1. The molecule has 1 amide bonds. The molecule has 2 aliphatic rings. The minimum atomic E-state index is -0.702. The average molecular weight is 392 g/mol. The van der Waals surface area contributed by atoms with E-state index in [0.29, 0.717) is 31.0 Å². The van der Waals surface area contributed by atoms with E-state index in [9.17, 15) is 13.6 Å². The maximum Gasteiger partial charge on any atom is 0.233 e. The van der Waals surface area contributed by atoms with Crippen molar-refractivity contribution in [2.45, 2.75) is 37.2 Å². The number of carbonyl (C=O) groups is 1. The van der Waals surface area contributed by atoms with Crippen molar-refractivity contribution in [1.82, 2.24) is 4.90 Å². The molecule has 0 radical (unpaired) electrons. The fourth-order valence-electron chi connectivity index (χ4n) is 3.77. The Balaban J connectivity index is 1.38. The Morgan fingerprint density at radius 2 is 1.85 bits per heavy atom. The lowest BCUT2D eigenvalue weighted by Gasteiger charge is -2.34. The molecule has 0 spiro atoms. The Kier molecular flexibility index (Phi) is 4.81. The number of ether oxygens (including phenoxy) is 1. The van der Waals surface area contributed by atoms with Gasteiger partial charge in [0.2, 0.25) is 5.91 Å². The SMILES string of the molecule is O=C(N1CCC(Oc2ccc(F)cc2F)CC1)C1(c2cccc(Cl)c2)CC1. The van der Waals surface area contributed by atoms with Crippen LogP contribution in [0.15, 0.2) is 42.5 Å². The molecule has 0 bridgehead atoms. The van der Waals surface area contributed by atoms with Crippen LogP contribution in [0.4, 0.5) is 8.78 Å². The topological polar surface area (TPSA) is 29.5 Å². The van der Waals surface area contributed by atoms with Gasteiger partial charge >= 0.3 is 0 Å². The van der Waals surface area contributed by atoms with Gasteiger partial charge in [0, 0.05) is 37.0 Å². The summed E-state index contributed by atoms with van der Waals surface area (Å²) in [6.45, 7) is 1.13. The predicted molar refractivity (Wildman–Crippen MR) is 99.0 cm³/mol. The van der Waals surface area contributed by atoms with E-state index in [1.54, 1.807) is 0 Å². The first-order chi connectivity index (χ1) is 13.0. The van der Waals surface area contributed by atoms with Crippen molar-refractivity contribution < 1.29 is 18.3 Å².